The number of amides is 3. The number of fused-ring (bicyclic) bond motifs is 1. The Labute approximate surface area is 150 Å². The molecule has 2 heterocycles. The van der Waals surface area contributed by atoms with Crippen LogP contribution in [0.4, 0.5) is 5.95 Å². The molecule has 2 aromatic rings. The average molecular weight is 353 g/mol. The summed E-state index contributed by atoms with van der Waals surface area (Å²) in [4.78, 5) is 46.1. The fraction of sp³-hybridized carbons (Fsp3) is 0.278. The number of hydrazine groups is 1. The lowest BCUT2D eigenvalue weighted by Crippen LogP contribution is -2.36. The molecule has 0 unspecified atom stereocenters. The van der Waals surface area contributed by atoms with E-state index in [1.165, 1.54) is 0 Å². The van der Waals surface area contributed by atoms with Crippen molar-refractivity contribution < 1.29 is 14.4 Å². The zero-order valence-corrected chi connectivity index (χ0v) is 14.8. The van der Waals surface area contributed by atoms with E-state index in [0.29, 0.717) is 11.1 Å². The predicted molar refractivity (Wildman–Crippen MR) is 94.4 cm³/mol. The van der Waals surface area contributed by atoms with Gasteiger partial charge < -0.3 is 0 Å². The van der Waals surface area contributed by atoms with Crippen LogP contribution in [-0.2, 0) is 4.79 Å². The van der Waals surface area contributed by atoms with Crippen LogP contribution in [0.15, 0.2) is 24.3 Å². The molecule has 8 nitrogen and oxygen atoms in total. The summed E-state index contributed by atoms with van der Waals surface area (Å²) in [6, 6.07) is 6.93. The third-order valence-corrected chi connectivity index (χ3v) is 3.98. The fourth-order valence-electron chi connectivity index (χ4n) is 2.79. The second-order valence-corrected chi connectivity index (χ2v) is 6.21. The zero-order valence-electron chi connectivity index (χ0n) is 14.8. The van der Waals surface area contributed by atoms with E-state index in [1.54, 1.807) is 18.2 Å². The molecule has 0 radical (unpaired) electrons. The molecule has 1 aromatic heterocycles. The first kappa shape index (κ1) is 17.5. The first-order valence-electron chi connectivity index (χ1n) is 8.19. The van der Waals surface area contributed by atoms with Gasteiger partial charge in [-0.25, -0.2) is 9.97 Å². The maximum atomic E-state index is 12.4. The largest absolute Gasteiger partial charge is 0.274 e. The average Bonchev–Trinajstić information content (AvgIpc) is 2.81. The number of carbonyl (C=O) groups is 3. The Bertz CT molecular complexity index is 889. The number of rotatable bonds is 5. The van der Waals surface area contributed by atoms with Crippen LogP contribution in [0.5, 0.6) is 0 Å². The molecule has 1 aromatic carbocycles. The second kappa shape index (κ2) is 6.91. The van der Waals surface area contributed by atoms with Crippen molar-refractivity contribution in [3.8, 4) is 0 Å². The van der Waals surface area contributed by atoms with Crippen LogP contribution in [0.1, 0.15) is 44.1 Å². The van der Waals surface area contributed by atoms with E-state index in [0.717, 1.165) is 21.9 Å². The highest BCUT2D eigenvalue weighted by atomic mass is 16.2. The lowest BCUT2D eigenvalue weighted by molar-refractivity contribution is -0.120. The number of hydrogen-bond acceptors (Lipinski definition) is 6. The van der Waals surface area contributed by atoms with Crippen molar-refractivity contribution in [2.45, 2.75) is 27.2 Å². The van der Waals surface area contributed by atoms with Gasteiger partial charge in [0.1, 0.15) is 0 Å². The number of carbonyl (C=O) groups excluding carboxylic acids is 3. The van der Waals surface area contributed by atoms with E-state index in [1.807, 2.05) is 26.8 Å². The zero-order chi connectivity index (χ0) is 18.8. The van der Waals surface area contributed by atoms with Gasteiger partial charge in [-0.1, -0.05) is 11.6 Å². The molecular formula is C18H19N5O3. The molecule has 2 N–H and O–H groups in total. The van der Waals surface area contributed by atoms with Crippen molar-refractivity contribution in [2.75, 3.05) is 12.0 Å². The summed E-state index contributed by atoms with van der Waals surface area (Å²) in [7, 11) is 0. The van der Waals surface area contributed by atoms with E-state index in [4.69, 9.17) is 0 Å². The SMILES string of the molecule is Cc1ccc2c(c1)C(=O)N(CCC(=O)NNc1nc(C)cc(C)n1)C2=O. The Morgan fingerprint density at radius 1 is 1.00 bits per heavy atom. The topological polar surface area (TPSA) is 104 Å². The van der Waals surface area contributed by atoms with Crippen LogP contribution in [0.3, 0.4) is 0 Å². The first-order valence-corrected chi connectivity index (χ1v) is 8.19. The minimum atomic E-state index is -0.375. The van der Waals surface area contributed by atoms with Gasteiger partial charge in [-0.2, -0.15) is 0 Å². The summed E-state index contributed by atoms with van der Waals surface area (Å²) in [6.07, 6.45) is -0.0255. The van der Waals surface area contributed by atoms with Crippen LogP contribution in [0.2, 0.25) is 0 Å². The van der Waals surface area contributed by atoms with E-state index in [9.17, 15) is 14.4 Å². The van der Waals surface area contributed by atoms with Gasteiger partial charge in [-0.05, 0) is 39.0 Å². The molecule has 3 amide bonds. The van der Waals surface area contributed by atoms with Gasteiger partial charge >= 0.3 is 0 Å². The van der Waals surface area contributed by atoms with E-state index in [2.05, 4.69) is 20.8 Å². The minimum absolute atomic E-state index is 0.00656. The highest BCUT2D eigenvalue weighted by molar-refractivity contribution is 6.21. The number of nitrogens with one attached hydrogen (secondary N) is 2. The number of aryl methyl sites for hydroxylation is 3. The molecule has 0 spiro atoms. The van der Waals surface area contributed by atoms with Gasteiger partial charge in [0.05, 0.1) is 11.1 Å². The summed E-state index contributed by atoms with van der Waals surface area (Å²) in [5.74, 6) is -0.831. The van der Waals surface area contributed by atoms with Crippen molar-refractivity contribution in [2.24, 2.45) is 0 Å². The van der Waals surface area contributed by atoms with Crippen LogP contribution in [0, 0.1) is 20.8 Å². The lowest BCUT2D eigenvalue weighted by atomic mass is 10.1. The molecule has 8 heteroatoms. The van der Waals surface area contributed by atoms with Crippen LogP contribution in [0.25, 0.3) is 0 Å². The molecule has 0 atom stereocenters. The number of imide groups is 1. The van der Waals surface area contributed by atoms with Gasteiger partial charge in [0.2, 0.25) is 11.9 Å². The Morgan fingerprint density at radius 3 is 2.35 bits per heavy atom. The second-order valence-electron chi connectivity index (χ2n) is 6.21. The molecule has 0 saturated heterocycles. The molecule has 26 heavy (non-hydrogen) atoms. The minimum Gasteiger partial charge on any atom is -0.274 e. The van der Waals surface area contributed by atoms with Crippen LogP contribution in [-0.4, -0.2) is 39.1 Å². The highest BCUT2D eigenvalue weighted by Gasteiger charge is 2.35. The maximum Gasteiger partial charge on any atom is 0.261 e. The normalized spacial score (nSPS) is 13.0. The van der Waals surface area contributed by atoms with Crippen molar-refractivity contribution in [1.29, 1.82) is 0 Å². The Balaban J connectivity index is 1.57. The Morgan fingerprint density at radius 2 is 1.65 bits per heavy atom. The Hall–Kier alpha value is -3.29. The van der Waals surface area contributed by atoms with Gasteiger partial charge in [-0.3, -0.25) is 30.1 Å². The molecule has 3 rings (SSSR count). The van der Waals surface area contributed by atoms with Crippen molar-refractivity contribution in [3.05, 3.63) is 52.3 Å². The smallest absolute Gasteiger partial charge is 0.261 e. The quantitative estimate of drug-likeness (QED) is 0.624. The molecule has 1 aliphatic heterocycles. The third-order valence-electron chi connectivity index (χ3n) is 3.98. The van der Waals surface area contributed by atoms with E-state index >= 15 is 0 Å². The molecule has 0 fully saturated rings. The third kappa shape index (κ3) is 3.53. The monoisotopic (exact) mass is 353 g/mol. The maximum absolute atomic E-state index is 12.4. The lowest BCUT2D eigenvalue weighted by Gasteiger charge is -2.14. The Kier molecular flexibility index (Phi) is 4.66. The summed E-state index contributed by atoms with van der Waals surface area (Å²) in [6.45, 7) is 5.51. The molecule has 0 aliphatic carbocycles. The number of hydrogen-bond donors (Lipinski definition) is 2. The number of anilines is 1. The summed E-state index contributed by atoms with van der Waals surface area (Å²) in [5.41, 5.74) is 8.33. The van der Waals surface area contributed by atoms with E-state index < -0.39 is 0 Å². The highest BCUT2D eigenvalue weighted by Crippen LogP contribution is 2.23. The molecule has 1 aliphatic rings. The summed E-state index contributed by atoms with van der Waals surface area (Å²) >= 11 is 0. The molecular weight excluding hydrogens is 334 g/mol. The molecule has 0 saturated carbocycles. The molecule has 134 valence electrons. The van der Waals surface area contributed by atoms with Gasteiger partial charge in [0.25, 0.3) is 11.8 Å². The number of nitrogens with zero attached hydrogens (tertiary/aromatic N) is 3. The molecule has 0 bridgehead atoms. The summed E-state index contributed by atoms with van der Waals surface area (Å²) in [5, 5.41) is 0. The van der Waals surface area contributed by atoms with Gasteiger partial charge in [-0.15, -0.1) is 0 Å². The number of benzene rings is 1. The fourth-order valence-corrected chi connectivity index (χ4v) is 2.79. The van der Waals surface area contributed by atoms with Crippen LogP contribution >= 0.6 is 0 Å². The van der Waals surface area contributed by atoms with Gasteiger partial charge in [0, 0.05) is 24.4 Å². The van der Waals surface area contributed by atoms with Crippen molar-refractivity contribution >= 4 is 23.7 Å². The number of aromatic nitrogens is 2. The van der Waals surface area contributed by atoms with Crippen molar-refractivity contribution in [1.82, 2.24) is 20.3 Å². The van der Waals surface area contributed by atoms with E-state index in [-0.39, 0.29) is 36.6 Å². The first-order chi connectivity index (χ1) is 12.3. The predicted octanol–water partition coefficient (Wildman–Crippen LogP) is 1.53. The van der Waals surface area contributed by atoms with Crippen LogP contribution < -0.4 is 10.9 Å². The van der Waals surface area contributed by atoms with Crippen molar-refractivity contribution in [3.63, 3.8) is 0 Å². The summed E-state index contributed by atoms with van der Waals surface area (Å²) < 4.78 is 0. The van der Waals surface area contributed by atoms with Gasteiger partial charge in [0.15, 0.2) is 0 Å². The standard InChI is InChI=1S/C18H19N5O3/c1-10-4-5-13-14(8-10)17(26)23(16(13)25)7-6-15(24)21-22-18-19-11(2)9-12(3)20-18/h4-5,8-9H,6-7H2,1-3H3,(H,21,24)(H,19,20,22).